The molecule has 0 radical (unpaired) electrons. The molecule has 5 nitrogen and oxygen atoms in total. The van der Waals surface area contributed by atoms with Crippen LogP contribution in [0, 0.1) is 3.57 Å². The number of halogens is 2. The molecule has 0 aromatic heterocycles. The minimum absolute atomic E-state index is 0.262. The Balaban J connectivity index is 2.12. The molecule has 0 bridgehead atoms. The largest absolute Gasteiger partial charge is 0.492 e. The van der Waals surface area contributed by atoms with Crippen molar-refractivity contribution < 1.29 is 14.3 Å². The predicted octanol–water partition coefficient (Wildman–Crippen LogP) is 4.22. The number of nitrogens with one attached hydrogen (secondary N) is 1. The van der Waals surface area contributed by atoms with Crippen molar-refractivity contribution in [2.24, 2.45) is 5.10 Å². The van der Waals surface area contributed by atoms with Crippen LogP contribution >= 0.6 is 38.5 Å². The minimum atomic E-state index is -0.262. The summed E-state index contributed by atoms with van der Waals surface area (Å²) in [7, 11) is 1.58. The molecule has 2 rings (SSSR count). The summed E-state index contributed by atoms with van der Waals surface area (Å²) in [6, 6.07) is 10.9. The van der Waals surface area contributed by atoms with Gasteiger partial charge in [-0.1, -0.05) is 6.07 Å². The van der Waals surface area contributed by atoms with E-state index in [0.29, 0.717) is 23.7 Å². The number of hydrazone groups is 1. The van der Waals surface area contributed by atoms with Crippen molar-refractivity contribution in [3.05, 3.63) is 55.6 Å². The van der Waals surface area contributed by atoms with Crippen LogP contribution in [0.2, 0.25) is 0 Å². The molecule has 0 aliphatic heterocycles. The Morgan fingerprint density at radius 3 is 2.83 bits per heavy atom. The van der Waals surface area contributed by atoms with E-state index in [2.05, 4.69) is 49.0 Å². The number of carbonyl (C=O) groups is 1. The van der Waals surface area contributed by atoms with Crippen molar-refractivity contribution in [2.75, 3.05) is 13.7 Å². The highest BCUT2D eigenvalue weighted by Crippen LogP contribution is 2.36. The van der Waals surface area contributed by atoms with Crippen molar-refractivity contribution in [3.8, 4) is 11.5 Å². The van der Waals surface area contributed by atoms with Gasteiger partial charge < -0.3 is 9.47 Å². The third-order valence-corrected chi connectivity index (χ3v) is 4.26. The molecular formula is C17H16BrIN2O3. The topological polar surface area (TPSA) is 59.9 Å². The van der Waals surface area contributed by atoms with Crippen LogP contribution in [0.3, 0.4) is 0 Å². The summed E-state index contributed by atoms with van der Waals surface area (Å²) in [5.41, 5.74) is 3.85. The van der Waals surface area contributed by atoms with E-state index in [1.807, 2.05) is 25.1 Å². The first-order chi connectivity index (χ1) is 11.5. The molecule has 0 spiro atoms. The minimum Gasteiger partial charge on any atom is -0.492 e. The zero-order chi connectivity index (χ0) is 17.5. The van der Waals surface area contributed by atoms with Gasteiger partial charge >= 0.3 is 0 Å². The second-order valence-electron chi connectivity index (χ2n) is 4.68. The molecule has 7 heteroatoms. The molecule has 24 heavy (non-hydrogen) atoms. The van der Waals surface area contributed by atoms with Crippen LogP contribution in [0.1, 0.15) is 22.8 Å². The van der Waals surface area contributed by atoms with Gasteiger partial charge in [-0.2, -0.15) is 5.10 Å². The Morgan fingerprint density at radius 1 is 1.38 bits per heavy atom. The van der Waals surface area contributed by atoms with Crippen LogP contribution in [-0.2, 0) is 0 Å². The number of amides is 1. The maximum absolute atomic E-state index is 12.0. The van der Waals surface area contributed by atoms with E-state index >= 15 is 0 Å². The van der Waals surface area contributed by atoms with E-state index in [0.717, 1.165) is 13.6 Å². The van der Waals surface area contributed by atoms with Gasteiger partial charge in [0, 0.05) is 9.13 Å². The Labute approximate surface area is 162 Å². The van der Waals surface area contributed by atoms with E-state index in [1.54, 1.807) is 31.5 Å². The van der Waals surface area contributed by atoms with Crippen molar-refractivity contribution in [1.29, 1.82) is 0 Å². The van der Waals surface area contributed by atoms with Crippen LogP contribution in [0.15, 0.2) is 46.0 Å². The number of hydrogen-bond acceptors (Lipinski definition) is 4. The highest BCUT2D eigenvalue weighted by molar-refractivity contribution is 14.1. The summed E-state index contributed by atoms with van der Waals surface area (Å²) in [6.45, 7) is 2.42. The zero-order valence-corrected chi connectivity index (χ0v) is 16.9. The number of ether oxygens (including phenoxy) is 2. The first kappa shape index (κ1) is 18.7. The van der Waals surface area contributed by atoms with E-state index in [9.17, 15) is 4.79 Å². The van der Waals surface area contributed by atoms with Crippen molar-refractivity contribution in [3.63, 3.8) is 0 Å². The summed E-state index contributed by atoms with van der Waals surface area (Å²) in [5.74, 6) is 0.971. The van der Waals surface area contributed by atoms with Gasteiger partial charge in [-0.15, -0.1) is 0 Å². The number of benzene rings is 2. The van der Waals surface area contributed by atoms with Crippen molar-refractivity contribution >= 4 is 50.6 Å². The van der Waals surface area contributed by atoms with Gasteiger partial charge in [0.2, 0.25) is 0 Å². The SMILES string of the molecule is CCOc1cc(/C=N\NC(=O)c2cccc(I)c2)cc(Br)c1OC. The molecule has 1 amide bonds. The summed E-state index contributed by atoms with van der Waals surface area (Å²) < 4.78 is 12.6. The van der Waals surface area contributed by atoms with E-state index in [4.69, 9.17) is 9.47 Å². The highest BCUT2D eigenvalue weighted by atomic mass is 127. The molecule has 0 aliphatic carbocycles. The summed E-state index contributed by atoms with van der Waals surface area (Å²) in [4.78, 5) is 12.0. The third kappa shape index (κ3) is 4.94. The molecule has 2 aromatic carbocycles. The van der Waals surface area contributed by atoms with Gasteiger partial charge in [0.05, 0.1) is 24.4 Å². The third-order valence-electron chi connectivity index (χ3n) is 3.00. The van der Waals surface area contributed by atoms with Crippen LogP contribution < -0.4 is 14.9 Å². The van der Waals surface area contributed by atoms with Gasteiger partial charge in [0.15, 0.2) is 11.5 Å². The second-order valence-corrected chi connectivity index (χ2v) is 6.78. The number of rotatable bonds is 6. The molecule has 0 saturated carbocycles. The smallest absolute Gasteiger partial charge is 0.271 e. The lowest BCUT2D eigenvalue weighted by Gasteiger charge is -2.11. The maximum Gasteiger partial charge on any atom is 0.271 e. The molecule has 0 heterocycles. The molecule has 0 saturated heterocycles. The van der Waals surface area contributed by atoms with Gasteiger partial charge in [0.25, 0.3) is 5.91 Å². The van der Waals surface area contributed by atoms with E-state index in [1.165, 1.54) is 0 Å². The number of methoxy groups -OCH3 is 1. The predicted molar refractivity (Wildman–Crippen MR) is 106 cm³/mol. The average Bonchev–Trinajstić information content (AvgIpc) is 2.55. The van der Waals surface area contributed by atoms with Gasteiger partial charge in [-0.3, -0.25) is 4.79 Å². The van der Waals surface area contributed by atoms with Gasteiger partial charge in [-0.25, -0.2) is 5.43 Å². The van der Waals surface area contributed by atoms with Crippen molar-refractivity contribution in [2.45, 2.75) is 6.92 Å². The van der Waals surface area contributed by atoms with Crippen LogP contribution in [0.25, 0.3) is 0 Å². The lowest BCUT2D eigenvalue weighted by Crippen LogP contribution is -2.17. The number of nitrogens with zero attached hydrogens (tertiary/aromatic N) is 1. The van der Waals surface area contributed by atoms with E-state index < -0.39 is 0 Å². The normalized spacial score (nSPS) is 10.7. The zero-order valence-electron chi connectivity index (χ0n) is 13.2. The Kier molecular flexibility index (Phi) is 7.04. The number of carbonyl (C=O) groups excluding carboxylic acids is 1. The summed E-state index contributed by atoms with van der Waals surface area (Å²) in [5, 5.41) is 4.00. The van der Waals surface area contributed by atoms with Crippen LogP contribution in [0.4, 0.5) is 0 Å². The molecule has 0 unspecified atom stereocenters. The average molecular weight is 503 g/mol. The molecule has 2 aromatic rings. The fraction of sp³-hybridized carbons (Fsp3) is 0.176. The standard InChI is InChI=1S/C17H16BrIN2O3/c1-3-24-15-8-11(7-14(18)16(15)23-2)10-20-21-17(22)12-5-4-6-13(19)9-12/h4-10H,3H2,1-2H3,(H,21,22)/b20-10-. The second kappa shape index (κ2) is 9.03. The van der Waals surface area contributed by atoms with Crippen LogP contribution in [-0.4, -0.2) is 25.8 Å². The van der Waals surface area contributed by atoms with Crippen LogP contribution in [0.5, 0.6) is 11.5 Å². The molecule has 0 atom stereocenters. The monoisotopic (exact) mass is 502 g/mol. The lowest BCUT2D eigenvalue weighted by molar-refractivity contribution is 0.0955. The quantitative estimate of drug-likeness (QED) is 0.365. The summed E-state index contributed by atoms with van der Waals surface area (Å²) >= 11 is 5.60. The fourth-order valence-electron chi connectivity index (χ4n) is 1.98. The Hall–Kier alpha value is -1.61. The summed E-state index contributed by atoms with van der Waals surface area (Å²) in [6.07, 6.45) is 1.55. The molecular weight excluding hydrogens is 487 g/mol. The van der Waals surface area contributed by atoms with Gasteiger partial charge in [-0.05, 0) is 81.3 Å². The van der Waals surface area contributed by atoms with E-state index in [-0.39, 0.29) is 5.91 Å². The fourth-order valence-corrected chi connectivity index (χ4v) is 3.15. The molecule has 0 fully saturated rings. The first-order valence-electron chi connectivity index (χ1n) is 7.14. The first-order valence-corrected chi connectivity index (χ1v) is 9.01. The maximum atomic E-state index is 12.0. The number of hydrogen-bond donors (Lipinski definition) is 1. The highest BCUT2D eigenvalue weighted by Gasteiger charge is 2.10. The lowest BCUT2D eigenvalue weighted by atomic mass is 10.2. The Bertz CT molecular complexity index is 765. The Morgan fingerprint density at radius 2 is 2.17 bits per heavy atom. The van der Waals surface area contributed by atoms with Crippen molar-refractivity contribution in [1.82, 2.24) is 5.43 Å². The molecule has 1 N–H and O–H groups in total. The van der Waals surface area contributed by atoms with Gasteiger partial charge in [0.1, 0.15) is 0 Å². The molecule has 0 aliphatic rings. The molecule has 126 valence electrons.